The highest BCUT2D eigenvalue weighted by molar-refractivity contribution is 5.69. The number of rotatable bonds is 6. The molecule has 22 heavy (non-hydrogen) atoms. The molecule has 2 rings (SSSR count). The molecule has 1 aromatic carbocycles. The van der Waals surface area contributed by atoms with E-state index < -0.39 is 0 Å². The van der Waals surface area contributed by atoms with Crippen molar-refractivity contribution >= 4 is 0 Å². The lowest BCUT2D eigenvalue weighted by atomic mass is 10.1. The van der Waals surface area contributed by atoms with Gasteiger partial charge in [-0.3, -0.25) is 0 Å². The number of hydrogen-bond acceptors (Lipinski definition) is 6. The van der Waals surface area contributed by atoms with E-state index in [0.717, 1.165) is 5.56 Å². The van der Waals surface area contributed by atoms with Crippen molar-refractivity contribution in [2.24, 2.45) is 0 Å². The molecule has 0 atom stereocenters. The summed E-state index contributed by atoms with van der Waals surface area (Å²) in [6, 6.07) is 7.29. The summed E-state index contributed by atoms with van der Waals surface area (Å²) in [4.78, 5) is 4.44. The fourth-order valence-electron chi connectivity index (χ4n) is 2.12. The van der Waals surface area contributed by atoms with Crippen LogP contribution in [-0.4, -0.2) is 40.5 Å². The van der Waals surface area contributed by atoms with Gasteiger partial charge in [0.05, 0.1) is 41.2 Å². The van der Waals surface area contributed by atoms with Crippen LogP contribution < -0.4 is 23.7 Å². The van der Waals surface area contributed by atoms with Crippen LogP contribution in [0.4, 0.5) is 0 Å². The van der Waals surface area contributed by atoms with Gasteiger partial charge in [0.1, 0.15) is 0 Å². The van der Waals surface area contributed by atoms with Gasteiger partial charge in [0.15, 0.2) is 17.2 Å². The zero-order valence-electron chi connectivity index (χ0n) is 13.3. The maximum atomic E-state index is 5.35. The van der Waals surface area contributed by atoms with Crippen LogP contribution in [0.15, 0.2) is 24.3 Å². The van der Waals surface area contributed by atoms with E-state index in [1.165, 1.54) is 0 Å². The Bertz CT molecular complexity index is 632. The molecule has 0 saturated carbocycles. The number of hydrogen-bond donors (Lipinski definition) is 0. The maximum absolute atomic E-state index is 5.35. The third-order valence-corrected chi connectivity index (χ3v) is 3.20. The second-order valence-electron chi connectivity index (χ2n) is 4.32. The average Bonchev–Trinajstić information content (AvgIpc) is 2.59. The summed E-state index contributed by atoms with van der Waals surface area (Å²) in [7, 11) is 7.82. The Morgan fingerprint density at radius 3 is 1.73 bits per heavy atom. The molecule has 0 saturated heterocycles. The van der Waals surface area contributed by atoms with Crippen LogP contribution >= 0.6 is 0 Å². The van der Waals surface area contributed by atoms with E-state index in [2.05, 4.69) is 4.98 Å². The van der Waals surface area contributed by atoms with E-state index in [-0.39, 0.29) is 0 Å². The number of benzene rings is 1. The molecule has 6 nitrogen and oxygen atoms in total. The standard InChI is InChI=1S/C16H19NO5/c1-18-12-7-6-11(17-16(12)22-5)10-8-13(19-2)15(21-4)14(9-10)20-3/h6-9H,1-5H3. The van der Waals surface area contributed by atoms with E-state index in [1.807, 2.05) is 18.2 Å². The Morgan fingerprint density at radius 1 is 0.682 bits per heavy atom. The molecule has 1 heterocycles. The topological polar surface area (TPSA) is 59.0 Å². The zero-order valence-corrected chi connectivity index (χ0v) is 13.3. The largest absolute Gasteiger partial charge is 0.493 e. The van der Waals surface area contributed by atoms with Gasteiger partial charge in [-0.2, -0.15) is 0 Å². The molecule has 0 unspecified atom stereocenters. The molecule has 0 spiro atoms. The Hall–Kier alpha value is -2.63. The first-order valence-electron chi connectivity index (χ1n) is 6.57. The Morgan fingerprint density at radius 2 is 1.27 bits per heavy atom. The van der Waals surface area contributed by atoms with Gasteiger partial charge in [0, 0.05) is 5.56 Å². The monoisotopic (exact) mass is 305 g/mol. The van der Waals surface area contributed by atoms with E-state index >= 15 is 0 Å². The lowest BCUT2D eigenvalue weighted by Gasteiger charge is -2.14. The molecule has 0 bridgehead atoms. The van der Waals surface area contributed by atoms with E-state index in [1.54, 1.807) is 41.6 Å². The van der Waals surface area contributed by atoms with Gasteiger partial charge in [-0.15, -0.1) is 0 Å². The molecule has 0 radical (unpaired) electrons. The predicted octanol–water partition coefficient (Wildman–Crippen LogP) is 2.79. The molecule has 0 aliphatic carbocycles. The molecule has 0 N–H and O–H groups in total. The van der Waals surface area contributed by atoms with Gasteiger partial charge in [-0.1, -0.05) is 0 Å². The maximum Gasteiger partial charge on any atom is 0.257 e. The van der Waals surface area contributed by atoms with Crippen LogP contribution in [-0.2, 0) is 0 Å². The van der Waals surface area contributed by atoms with Gasteiger partial charge < -0.3 is 23.7 Å². The molecule has 0 aliphatic heterocycles. The van der Waals surface area contributed by atoms with Gasteiger partial charge in [-0.25, -0.2) is 4.98 Å². The normalized spacial score (nSPS) is 10.0. The highest BCUT2D eigenvalue weighted by Gasteiger charge is 2.16. The van der Waals surface area contributed by atoms with Crippen LogP contribution in [0.5, 0.6) is 28.9 Å². The first-order valence-corrected chi connectivity index (χ1v) is 6.57. The Kier molecular flexibility index (Phi) is 4.93. The fraction of sp³-hybridized carbons (Fsp3) is 0.312. The van der Waals surface area contributed by atoms with Crippen LogP contribution in [0, 0.1) is 0 Å². The minimum absolute atomic E-state index is 0.411. The van der Waals surface area contributed by atoms with E-state index in [9.17, 15) is 0 Å². The fourth-order valence-corrected chi connectivity index (χ4v) is 2.12. The third kappa shape index (κ3) is 2.86. The Labute approximate surface area is 129 Å². The number of ether oxygens (including phenoxy) is 5. The van der Waals surface area contributed by atoms with Gasteiger partial charge >= 0.3 is 0 Å². The predicted molar refractivity (Wildman–Crippen MR) is 82.4 cm³/mol. The van der Waals surface area contributed by atoms with Gasteiger partial charge in [0.25, 0.3) is 5.88 Å². The SMILES string of the molecule is COc1ccc(-c2cc(OC)c(OC)c(OC)c2)nc1OC. The smallest absolute Gasteiger partial charge is 0.257 e. The molecule has 6 heteroatoms. The lowest BCUT2D eigenvalue weighted by molar-refractivity contribution is 0.324. The van der Waals surface area contributed by atoms with Crippen LogP contribution in [0.25, 0.3) is 11.3 Å². The van der Waals surface area contributed by atoms with Crippen molar-refractivity contribution in [3.63, 3.8) is 0 Å². The van der Waals surface area contributed by atoms with Gasteiger partial charge in [0.2, 0.25) is 5.75 Å². The average molecular weight is 305 g/mol. The number of nitrogens with zero attached hydrogens (tertiary/aromatic N) is 1. The molecule has 0 aliphatic rings. The van der Waals surface area contributed by atoms with Crippen molar-refractivity contribution in [1.29, 1.82) is 0 Å². The van der Waals surface area contributed by atoms with Crippen molar-refractivity contribution in [2.75, 3.05) is 35.5 Å². The highest BCUT2D eigenvalue weighted by Crippen LogP contribution is 2.41. The summed E-state index contributed by atoms with van der Waals surface area (Å²) in [5.41, 5.74) is 1.52. The minimum Gasteiger partial charge on any atom is -0.493 e. The number of aromatic nitrogens is 1. The number of pyridine rings is 1. The first kappa shape index (κ1) is 15.8. The van der Waals surface area contributed by atoms with Crippen LogP contribution in [0.3, 0.4) is 0 Å². The summed E-state index contributed by atoms with van der Waals surface area (Å²) in [6.45, 7) is 0. The molecule has 0 amide bonds. The van der Waals surface area contributed by atoms with E-state index in [0.29, 0.717) is 34.6 Å². The third-order valence-electron chi connectivity index (χ3n) is 3.20. The van der Waals surface area contributed by atoms with Gasteiger partial charge in [-0.05, 0) is 24.3 Å². The minimum atomic E-state index is 0.411. The summed E-state index contributed by atoms with van der Waals surface area (Å²) < 4.78 is 26.5. The molecule has 118 valence electrons. The van der Waals surface area contributed by atoms with Crippen LogP contribution in [0.2, 0.25) is 0 Å². The first-order chi connectivity index (χ1) is 10.7. The molecular weight excluding hydrogens is 286 g/mol. The van der Waals surface area contributed by atoms with Crippen molar-refractivity contribution in [1.82, 2.24) is 4.98 Å². The number of methoxy groups -OCH3 is 5. The highest BCUT2D eigenvalue weighted by atomic mass is 16.5. The second kappa shape index (κ2) is 6.89. The summed E-state index contributed by atoms with van der Waals surface area (Å²) in [5.74, 6) is 2.64. The van der Waals surface area contributed by atoms with Crippen LogP contribution in [0.1, 0.15) is 0 Å². The van der Waals surface area contributed by atoms with Crippen molar-refractivity contribution in [2.45, 2.75) is 0 Å². The molecular formula is C16H19NO5. The summed E-state index contributed by atoms with van der Waals surface area (Å²) in [6.07, 6.45) is 0. The van der Waals surface area contributed by atoms with Crippen molar-refractivity contribution < 1.29 is 23.7 Å². The summed E-state index contributed by atoms with van der Waals surface area (Å²) in [5, 5.41) is 0. The molecule has 2 aromatic rings. The Balaban J connectivity index is 2.57. The lowest BCUT2D eigenvalue weighted by Crippen LogP contribution is -1.98. The molecule has 0 fully saturated rings. The summed E-state index contributed by atoms with van der Waals surface area (Å²) >= 11 is 0. The van der Waals surface area contributed by atoms with E-state index in [4.69, 9.17) is 23.7 Å². The van der Waals surface area contributed by atoms with Crippen molar-refractivity contribution in [3.05, 3.63) is 24.3 Å². The zero-order chi connectivity index (χ0) is 16.1. The quantitative estimate of drug-likeness (QED) is 0.818. The van der Waals surface area contributed by atoms with Crippen molar-refractivity contribution in [3.8, 4) is 40.1 Å². The second-order valence-corrected chi connectivity index (χ2v) is 4.32. The molecule has 1 aromatic heterocycles.